The minimum absolute atomic E-state index is 0.0347. The van der Waals surface area contributed by atoms with Crippen LogP contribution in [0.25, 0.3) is 0 Å². The monoisotopic (exact) mass is 483 g/mol. The van der Waals surface area contributed by atoms with E-state index < -0.39 is 0 Å². The van der Waals surface area contributed by atoms with Gasteiger partial charge < -0.3 is 25.3 Å². The number of amides is 2. The van der Waals surface area contributed by atoms with E-state index in [1.807, 2.05) is 11.0 Å². The van der Waals surface area contributed by atoms with Gasteiger partial charge in [-0.2, -0.15) is 0 Å². The molecule has 10 heteroatoms. The lowest BCUT2D eigenvalue weighted by Crippen LogP contribution is -2.33. The number of likely N-dealkylation sites (tertiary alicyclic amines) is 1. The molecule has 2 aliphatic rings. The summed E-state index contributed by atoms with van der Waals surface area (Å²) in [4.78, 5) is 40.0. The van der Waals surface area contributed by atoms with Crippen molar-refractivity contribution in [2.45, 2.75) is 24.9 Å². The number of anilines is 3. The molecule has 4 rings (SSSR count). The molecule has 0 bridgehead atoms. The second-order valence-corrected chi connectivity index (χ2v) is 9.32. The van der Waals surface area contributed by atoms with E-state index in [-0.39, 0.29) is 17.9 Å². The zero-order chi connectivity index (χ0) is 24.2. The first-order chi connectivity index (χ1) is 16.3. The van der Waals surface area contributed by atoms with Crippen LogP contribution in [0.1, 0.15) is 23.2 Å². The molecule has 1 aromatic carbocycles. The smallest absolute Gasteiger partial charge is 0.254 e. The molecule has 9 nitrogen and oxygen atoms in total. The second kappa shape index (κ2) is 10.4. The molecule has 2 atom stereocenters. The maximum atomic E-state index is 13.3. The van der Waals surface area contributed by atoms with E-state index in [0.717, 1.165) is 31.6 Å². The highest BCUT2D eigenvalue weighted by molar-refractivity contribution is 6.30. The number of likely N-dealkylation sites (N-methyl/N-ethyl adjacent to an activating group) is 1. The van der Waals surface area contributed by atoms with Gasteiger partial charge in [-0.15, -0.1) is 0 Å². The average Bonchev–Trinajstić information content (AvgIpc) is 3.50. The lowest BCUT2D eigenvalue weighted by Gasteiger charge is -2.25. The van der Waals surface area contributed by atoms with Crippen LogP contribution in [-0.2, 0) is 4.79 Å². The van der Waals surface area contributed by atoms with Crippen LogP contribution in [0.4, 0.5) is 17.3 Å². The maximum Gasteiger partial charge on any atom is 0.254 e. The molecular weight excluding hydrogens is 454 g/mol. The summed E-state index contributed by atoms with van der Waals surface area (Å²) in [6, 6.07) is 5.95. The highest BCUT2D eigenvalue weighted by Crippen LogP contribution is 2.32. The lowest BCUT2D eigenvalue weighted by molar-refractivity contribution is -0.111. The van der Waals surface area contributed by atoms with Crippen LogP contribution in [0.5, 0.6) is 0 Å². The van der Waals surface area contributed by atoms with Crippen LogP contribution in [-0.4, -0.2) is 83.9 Å². The lowest BCUT2D eigenvalue weighted by atomic mass is 10.1. The zero-order valence-electron chi connectivity index (χ0n) is 19.5. The molecule has 180 valence electrons. The third-order valence-corrected chi connectivity index (χ3v) is 6.55. The second-order valence-electron chi connectivity index (χ2n) is 8.88. The van der Waals surface area contributed by atoms with Crippen molar-refractivity contribution in [1.29, 1.82) is 0 Å². The number of carbonyl (C=O) groups is 2. The van der Waals surface area contributed by atoms with Crippen molar-refractivity contribution in [3.8, 4) is 0 Å². The molecule has 2 aromatic rings. The Balaban J connectivity index is 1.49. The predicted octanol–water partition coefficient (Wildman–Crippen LogP) is 2.72. The normalized spacial score (nSPS) is 20.0. The predicted molar refractivity (Wildman–Crippen MR) is 135 cm³/mol. The minimum atomic E-state index is -0.276. The fourth-order valence-electron chi connectivity index (χ4n) is 4.41. The number of aromatic nitrogens is 2. The average molecular weight is 484 g/mol. The van der Waals surface area contributed by atoms with Crippen molar-refractivity contribution in [2.24, 2.45) is 0 Å². The number of benzene rings is 1. The molecule has 0 spiro atoms. The van der Waals surface area contributed by atoms with Gasteiger partial charge in [0.1, 0.15) is 0 Å². The Morgan fingerprint density at radius 3 is 2.62 bits per heavy atom. The number of rotatable bonds is 7. The van der Waals surface area contributed by atoms with E-state index in [1.165, 1.54) is 6.08 Å². The number of halogens is 1. The van der Waals surface area contributed by atoms with Crippen molar-refractivity contribution < 1.29 is 9.59 Å². The van der Waals surface area contributed by atoms with Gasteiger partial charge in [-0.1, -0.05) is 18.2 Å². The molecule has 2 saturated heterocycles. The number of nitrogens with one attached hydrogen (secondary N) is 2. The molecule has 2 aliphatic heterocycles. The van der Waals surface area contributed by atoms with E-state index >= 15 is 0 Å². The summed E-state index contributed by atoms with van der Waals surface area (Å²) in [5.41, 5.74) is 2.14. The number of hydrogen-bond donors (Lipinski definition) is 2. The molecule has 2 amide bonds. The molecule has 34 heavy (non-hydrogen) atoms. The molecule has 3 heterocycles. The summed E-state index contributed by atoms with van der Waals surface area (Å²) < 4.78 is 0. The van der Waals surface area contributed by atoms with Crippen LogP contribution in [0, 0.1) is 0 Å². The fraction of sp³-hybridized carbons (Fsp3) is 0.417. The Labute approximate surface area is 204 Å². The number of hydrogen-bond acceptors (Lipinski definition) is 7. The zero-order valence-corrected chi connectivity index (χ0v) is 20.3. The number of carbonyl (C=O) groups excluding carboxylic acids is 2. The van der Waals surface area contributed by atoms with E-state index in [0.29, 0.717) is 41.4 Å². The van der Waals surface area contributed by atoms with Crippen LogP contribution in [0.2, 0.25) is 5.02 Å². The van der Waals surface area contributed by atoms with Gasteiger partial charge in [-0.3, -0.25) is 9.59 Å². The summed E-state index contributed by atoms with van der Waals surface area (Å²) in [6.07, 6.45) is 6.16. The van der Waals surface area contributed by atoms with Crippen LogP contribution < -0.4 is 15.5 Å². The molecule has 0 saturated carbocycles. The Morgan fingerprint density at radius 2 is 1.94 bits per heavy atom. The van der Waals surface area contributed by atoms with Crippen molar-refractivity contribution in [3.63, 3.8) is 0 Å². The first-order valence-corrected chi connectivity index (χ1v) is 11.7. The molecule has 1 unspecified atom stereocenters. The largest absolute Gasteiger partial charge is 0.368 e. The number of nitrogens with zero attached hydrogens (tertiary/aromatic N) is 5. The van der Waals surface area contributed by atoms with Gasteiger partial charge in [0.25, 0.3) is 5.91 Å². The summed E-state index contributed by atoms with van der Waals surface area (Å²) in [7, 11) is 4.14. The standard InChI is InChI=1S/C24H30ClN7O2/c1-4-22(33)29-20-6-5-16(11-21(20)31-10-8-19(15-31)30(2)3)23(34)32-9-7-18(14-32)28-24-26-12-17(25)13-27-24/h4-6,11-13,18-19H,1,7-10,14-15H2,2-3H3,(H,29,33)(H,26,27,28)/t18-,19?/m1/s1. The van der Waals surface area contributed by atoms with E-state index in [2.05, 4.69) is 51.1 Å². The van der Waals surface area contributed by atoms with Gasteiger partial charge >= 0.3 is 0 Å². The van der Waals surface area contributed by atoms with Gasteiger partial charge in [0.15, 0.2) is 0 Å². The first-order valence-electron chi connectivity index (χ1n) is 11.4. The van der Waals surface area contributed by atoms with Crippen LogP contribution >= 0.6 is 11.6 Å². The van der Waals surface area contributed by atoms with Crippen molar-refractivity contribution in [2.75, 3.05) is 55.8 Å². The fourth-order valence-corrected chi connectivity index (χ4v) is 4.51. The van der Waals surface area contributed by atoms with Crippen molar-refractivity contribution in [3.05, 3.63) is 53.8 Å². The molecule has 0 radical (unpaired) electrons. The van der Waals surface area contributed by atoms with Crippen molar-refractivity contribution >= 4 is 40.7 Å². The third-order valence-electron chi connectivity index (χ3n) is 6.35. The SMILES string of the molecule is C=CC(=O)Nc1ccc(C(=O)N2CC[C@@H](Nc3ncc(Cl)cn3)C2)cc1N1CCC(N(C)C)C1. The molecule has 1 aromatic heterocycles. The Hall–Kier alpha value is -3.17. The first kappa shape index (κ1) is 24.0. The Kier molecular flexibility index (Phi) is 7.33. The van der Waals surface area contributed by atoms with Gasteiger partial charge in [0, 0.05) is 43.8 Å². The molecule has 2 N–H and O–H groups in total. The van der Waals surface area contributed by atoms with Gasteiger partial charge in [-0.25, -0.2) is 9.97 Å². The summed E-state index contributed by atoms with van der Waals surface area (Å²) >= 11 is 5.85. The molecule has 0 aliphatic carbocycles. The Bertz CT molecular complexity index is 1060. The van der Waals surface area contributed by atoms with Crippen LogP contribution in [0.15, 0.2) is 43.2 Å². The highest BCUT2D eigenvalue weighted by Gasteiger charge is 2.30. The third kappa shape index (κ3) is 5.48. The van der Waals surface area contributed by atoms with Gasteiger partial charge in [0.05, 0.1) is 28.8 Å². The Morgan fingerprint density at radius 1 is 1.18 bits per heavy atom. The maximum absolute atomic E-state index is 13.3. The summed E-state index contributed by atoms with van der Waals surface area (Å²) in [5.74, 6) is 0.187. The van der Waals surface area contributed by atoms with Gasteiger partial charge in [-0.05, 0) is 51.2 Å². The minimum Gasteiger partial charge on any atom is -0.368 e. The van der Waals surface area contributed by atoms with E-state index in [1.54, 1.807) is 24.5 Å². The molecular formula is C24H30ClN7O2. The topological polar surface area (TPSA) is 93.7 Å². The molecule has 2 fully saturated rings. The van der Waals surface area contributed by atoms with E-state index in [9.17, 15) is 9.59 Å². The highest BCUT2D eigenvalue weighted by atomic mass is 35.5. The summed E-state index contributed by atoms with van der Waals surface area (Å²) in [6.45, 7) is 6.43. The van der Waals surface area contributed by atoms with E-state index in [4.69, 9.17) is 11.6 Å². The van der Waals surface area contributed by atoms with Gasteiger partial charge in [0.2, 0.25) is 11.9 Å². The van der Waals surface area contributed by atoms with Crippen molar-refractivity contribution in [1.82, 2.24) is 19.8 Å². The van der Waals surface area contributed by atoms with Crippen LogP contribution in [0.3, 0.4) is 0 Å². The summed E-state index contributed by atoms with van der Waals surface area (Å²) in [5, 5.41) is 6.63. The quantitative estimate of drug-likeness (QED) is 0.585.